The number of hydrogen-bond donors (Lipinski definition) is 1. The number of aromatic nitrogens is 1. The summed E-state index contributed by atoms with van der Waals surface area (Å²) >= 11 is 0. The van der Waals surface area contributed by atoms with E-state index in [0.717, 1.165) is 42.5 Å². The molecule has 3 heterocycles. The summed E-state index contributed by atoms with van der Waals surface area (Å²) in [6.45, 7) is 8.25. The Hall–Kier alpha value is -2.83. The van der Waals surface area contributed by atoms with E-state index in [-0.39, 0.29) is 18.1 Å². The third-order valence-corrected chi connectivity index (χ3v) is 6.42. The van der Waals surface area contributed by atoms with Gasteiger partial charge in [-0.2, -0.15) is 0 Å². The molecule has 2 atom stereocenters. The molecule has 1 amide bonds. The Morgan fingerprint density at radius 3 is 2.44 bits per heavy atom. The molecule has 1 aromatic heterocycles. The second kappa shape index (κ2) is 9.35. The largest absolute Gasteiger partial charge is 0.489 e. The summed E-state index contributed by atoms with van der Waals surface area (Å²) in [7, 11) is 0. The van der Waals surface area contributed by atoms with Crippen LogP contribution in [0.5, 0.6) is 5.75 Å². The number of carbonyl (C=O) groups excluding carboxylic acids is 1. The highest BCUT2D eigenvalue weighted by atomic mass is 19.1. The summed E-state index contributed by atoms with van der Waals surface area (Å²) < 4.78 is 20.3. The van der Waals surface area contributed by atoms with E-state index in [1.54, 1.807) is 6.92 Å². The Bertz CT molecular complexity index is 924. The van der Waals surface area contributed by atoms with Gasteiger partial charge in [0.05, 0.1) is 12.6 Å². The topological polar surface area (TPSA) is 57.7 Å². The van der Waals surface area contributed by atoms with E-state index < -0.39 is 5.67 Å². The van der Waals surface area contributed by atoms with E-state index in [4.69, 9.17) is 9.72 Å². The number of ether oxygens (including phenoxy) is 1. The van der Waals surface area contributed by atoms with Crippen LogP contribution in [-0.4, -0.2) is 48.8 Å². The molecule has 2 aliphatic rings. The van der Waals surface area contributed by atoms with Gasteiger partial charge in [0.1, 0.15) is 29.2 Å². The highest BCUT2D eigenvalue weighted by Gasteiger charge is 2.30. The molecular weight excluding hydrogens is 407 g/mol. The quantitative estimate of drug-likeness (QED) is 0.727. The van der Waals surface area contributed by atoms with E-state index >= 15 is 0 Å². The molecule has 2 fully saturated rings. The van der Waals surface area contributed by atoms with Crippen molar-refractivity contribution >= 4 is 17.5 Å². The number of rotatable bonds is 6. The lowest BCUT2D eigenvalue weighted by Crippen LogP contribution is -2.40. The van der Waals surface area contributed by atoms with Crippen molar-refractivity contribution in [1.82, 2.24) is 10.3 Å². The first kappa shape index (κ1) is 22.4. The van der Waals surface area contributed by atoms with Crippen LogP contribution in [0.4, 0.5) is 16.0 Å². The van der Waals surface area contributed by atoms with Crippen molar-refractivity contribution in [2.75, 3.05) is 36.0 Å². The van der Waals surface area contributed by atoms with Gasteiger partial charge in [-0.15, -0.1) is 0 Å². The highest BCUT2D eigenvalue weighted by molar-refractivity contribution is 5.73. The summed E-state index contributed by atoms with van der Waals surface area (Å²) in [4.78, 5) is 20.5. The van der Waals surface area contributed by atoms with Crippen LogP contribution in [-0.2, 0) is 4.79 Å². The van der Waals surface area contributed by atoms with Crippen LogP contribution in [0.15, 0.2) is 42.5 Å². The highest BCUT2D eigenvalue weighted by Crippen LogP contribution is 2.30. The first-order valence-corrected chi connectivity index (χ1v) is 11.5. The number of carbonyl (C=O) groups is 1. The summed E-state index contributed by atoms with van der Waals surface area (Å²) in [5.74, 6) is 2.66. The lowest BCUT2D eigenvalue weighted by Gasteiger charge is -2.35. The van der Waals surface area contributed by atoms with Crippen LogP contribution in [0.1, 0.15) is 51.6 Å². The number of nitrogens with zero attached hydrogens (tertiary/aromatic N) is 3. The molecule has 1 aromatic carbocycles. The molecule has 2 unspecified atom stereocenters. The Kier molecular flexibility index (Phi) is 6.53. The SMILES string of the molecule is CC(=O)NC(C)c1ccc(OC2CCN(c3cccc(N4CCC(C)(F)CC4)n3)C2)cc1. The van der Waals surface area contributed by atoms with E-state index in [1.165, 1.54) is 6.92 Å². The zero-order valence-corrected chi connectivity index (χ0v) is 19.2. The van der Waals surface area contributed by atoms with Crippen molar-refractivity contribution in [1.29, 1.82) is 0 Å². The fraction of sp³-hybridized carbons (Fsp3) is 0.520. The molecule has 2 saturated heterocycles. The molecule has 7 heteroatoms. The normalized spacial score (nSPS) is 21.3. The molecule has 0 aliphatic carbocycles. The van der Waals surface area contributed by atoms with Crippen molar-refractivity contribution in [2.24, 2.45) is 0 Å². The molecule has 2 aliphatic heterocycles. The minimum atomic E-state index is -1.06. The Balaban J connectivity index is 1.33. The molecule has 4 rings (SSSR count). The maximum atomic E-state index is 14.1. The van der Waals surface area contributed by atoms with Gasteiger partial charge in [0.15, 0.2) is 0 Å². The Labute approximate surface area is 189 Å². The maximum Gasteiger partial charge on any atom is 0.217 e. The lowest BCUT2D eigenvalue weighted by molar-refractivity contribution is -0.119. The van der Waals surface area contributed by atoms with E-state index in [9.17, 15) is 9.18 Å². The summed E-state index contributed by atoms with van der Waals surface area (Å²) in [5, 5.41) is 2.89. The molecule has 0 saturated carbocycles. The van der Waals surface area contributed by atoms with Gasteiger partial charge >= 0.3 is 0 Å². The van der Waals surface area contributed by atoms with Crippen molar-refractivity contribution < 1.29 is 13.9 Å². The number of pyridine rings is 1. The standard InChI is InChI=1S/C25H33FN4O2/c1-18(27-19(2)31)20-7-9-21(10-8-20)32-22-11-14-30(17-22)24-6-4-5-23(28-24)29-15-12-25(3,26)13-16-29/h4-10,18,22H,11-17H2,1-3H3,(H,27,31). The Morgan fingerprint density at radius 1 is 1.12 bits per heavy atom. The van der Waals surface area contributed by atoms with Gasteiger partial charge in [0, 0.05) is 33.0 Å². The average Bonchev–Trinajstić information content (AvgIpc) is 3.22. The summed E-state index contributed by atoms with van der Waals surface area (Å²) in [6.07, 6.45) is 2.11. The molecule has 172 valence electrons. The molecular formula is C25H33FN4O2. The molecule has 0 spiro atoms. The number of piperidine rings is 1. The molecule has 0 radical (unpaired) electrons. The fourth-order valence-electron chi connectivity index (χ4n) is 4.41. The average molecular weight is 441 g/mol. The molecule has 0 bridgehead atoms. The van der Waals surface area contributed by atoms with Crippen molar-refractivity contribution in [3.05, 3.63) is 48.0 Å². The predicted molar refractivity (Wildman–Crippen MR) is 125 cm³/mol. The second-order valence-corrected chi connectivity index (χ2v) is 9.22. The molecule has 1 N–H and O–H groups in total. The number of nitrogens with one attached hydrogen (secondary N) is 1. The number of halogens is 1. The minimum absolute atomic E-state index is 0.0274. The lowest BCUT2D eigenvalue weighted by atomic mass is 9.96. The number of anilines is 2. The zero-order valence-electron chi connectivity index (χ0n) is 19.2. The first-order chi connectivity index (χ1) is 15.3. The van der Waals surface area contributed by atoms with Crippen molar-refractivity contribution in [2.45, 2.75) is 57.8 Å². The van der Waals surface area contributed by atoms with Gasteiger partial charge in [-0.3, -0.25) is 4.79 Å². The maximum absolute atomic E-state index is 14.1. The number of amides is 1. The predicted octanol–water partition coefficient (Wildman–Crippen LogP) is 4.26. The van der Waals surface area contributed by atoms with Crippen LogP contribution >= 0.6 is 0 Å². The van der Waals surface area contributed by atoms with Gasteiger partial charge in [-0.1, -0.05) is 18.2 Å². The van der Waals surface area contributed by atoms with E-state index in [1.807, 2.05) is 49.4 Å². The third-order valence-electron chi connectivity index (χ3n) is 6.42. The van der Waals surface area contributed by atoms with Crippen LogP contribution in [0, 0.1) is 0 Å². The smallest absolute Gasteiger partial charge is 0.217 e. The van der Waals surface area contributed by atoms with Crippen LogP contribution < -0.4 is 19.9 Å². The van der Waals surface area contributed by atoms with Crippen LogP contribution in [0.25, 0.3) is 0 Å². The monoisotopic (exact) mass is 440 g/mol. The van der Waals surface area contributed by atoms with Gasteiger partial charge < -0.3 is 19.9 Å². The molecule has 6 nitrogen and oxygen atoms in total. The molecule has 2 aromatic rings. The van der Waals surface area contributed by atoms with E-state index in [0.29, 0.717) is 25.9 Å². The van der Waals surface area contributed by atoms with Crippen molar-refractivity contribution in [3.63, 3.8) is 0 Å². The van der Waals surface area contributed by atoms with Crippen LogP contribution in [0.2, 0.25) is 0 Å². The number of hydrogen-bond acceptors (Lipinski definition) is 5. The fourth-order valence-corrected chi connectivity index (χ4v) is 4.41. The summed E-state index contributed by atoms with van der Waals surface area (Å²) in [5.41, 5.74) is -0.0132. The second-order valence-electron chi connectivity index (χ2n) is 9.22. The zero-order chi connectivity index (χ0) is 22.7. The van der Waals surface area contributed by atoms with E-state index in [2.05, 4.69) is 15.1 Å². The first-order valence-electron chi connectivity index (χ1n) is 11.5. The third kappa shape index (κ3) is 5.50. The van der Waals surface area contributed by atoms with Crippen molar-refractivity contribution in [3.8, 4) is 5.75 Å². The minimum Gasteiger partial charge on any atom is -0.489 e. The number of benzene rings is 1. The summed E-state index contributed by atoms with van der Waals surface area (Å²) in [6, 6.07) is 14.0. The number of alkyl halides is 1. The van der Waals surface area contributed by atoms with Gasteiger partial charge in [-0.05, 0) is 56.5 Å². The molecule has 32 heavy (non-hydrogen) atoms. The van der Waals surface area contributed by atoms with Gasteiger partial charge in [-0.25, -0.2) is 9.37 Å². The van der Waals surface area contributed by atoms with Gasteiger partial charge in [0.2, 0.25) is 5.91 Å². The van der Waals surface area contributed by atoms with Crippen LogP contribution in [0.3, 0.4) is 0 Å². The van der Waals surface area contributed by atoms with Gasteiger partial charge in [0.25, 0.3) is 0 Å². The Morgan fingerprint density at radius 2 is 1.78 bits per heavy atom.